The molecule has 1 spiro atoms. The van der Waals surface area contributed by atoms with Gasteiger partial charge >= 0.3 is 0 Å². The number of rotatable bonds is 2. The van der Waals surface area contributed by atoms with Crippen molar-refractivity contribution in [2.75, 3.05) is 5.32 Å². The molecule has 5 aromatic rings. The van der Waals surface area contributed by atoms with Crippen LogP contribution >= 0.6 is 0 Å². The molecule has 0 radical (unpaired) electrons. The fraction of sp³-hybridized carbons (Fsp3) is 0.118. The van der Waals surface area contributed by atoms with E-state index in [1.165, 1.54) is 55.6 Å². The van der Waals surface area contributed by atoms with Crippen LogP contribution in [-0.2, 0) is 10.8 Å². The number of anilines is 2. The monoisotopic (exact) mass is 447 g/mol. The Balaban J connectivity index is 1.52. The maximum absolute atomic E-state index is 3.73. The molecule has 0 saturated heterocycles. The van der Waals surface area contributed by atoms with Gasteiger partial charge in [-0.05, 0) is 79.9 Å². The fourth-order valence-electron chi connectivity index (χ4n) is 7.22. The van der Waals surface area contributed by atoms with E-state index in [0.717, 1.165) is 11.4 Å². The Hall–Kier alpha value is -4.10. The summed E-state index contributed by atoms with van der Waals surface area (Å²) < 4.78 is 0. The molecule has 5 aromatic carbocycles. The third kappa shape index (κ3) is 2.16. The highest BCUT2D eigenvalue weighted by Crippen LogP contribution is 2.68. The molecule has 166 valence electrons. The van der Waals surface area contributed by atoms with Crippen molar-refractivity contribution in [3.8, 4) is 22.3 Å². The molecule has 0 atom stereocenters. The Morgan fingerprint density at radius 1 is 0.457 bits per heavy atom. The molecule has 0 bridgehead atoms. The lowest BCUT2D eigenvalue weighted by Gasteiger charge is -2.34. The zero-order valence-corrected chi connectivity index (χ0v) is 19.9. The van der Waals surface area contributed by atoms with Gasteiger partial charge in [0, 0.05) is 16.8 Å². The van der Waals surface area contributed by atoms with Crippen LogP contribution in [0.15, 0.2) is 109 Å². The van der Waals surface area contributed by atoms with Crippen molar-refractivity contribution in [3.63, 3.8) is 0 Å². The highest BCUT2D eigenvalue weighted by molar-refractivity contribution is 6.00. The Kier molecular flexibility index (Phi) is 3.47. The van der Waals surface area contributed by atoms with Crippen LogP contribution in [0.2, 0.25) is 0 Å². The third-order valence-corrected chi connectivity index (χ3v) is 8.62. The summed E-state index contributed by atoms with van der Waals surface area (Å²) in [6.45, 7) is 4.76. The van der Waals surface area contributed by atoms with E-state index in [0.29, 0.717) is 0 Å². The number of hydrogen-bond acceptors (Lipinski definition) is 1. The van der Waals surface area contributed by atoms with Crippen molar-refractivity contribution in [3.05, 3.63) is 143 Å². The minimum absolute atomic E-state index is 0.0386. The standard InChI is InChI=1S/C34H25N/c1-33(2)27-17-10-18-28-31(27)32-29(33)19-22(35-21-11-4-3-5-12-21)20-30(32)34(28)25-15-8-6-13-23(25)24-14-7-9-16-26(24)34/h3-20,35H,1-2H3. The molecule has 0 amide bonds. The predicted octanol–water partition coefficient (Wildman–Crippen LogP) is 8.41. The van der Waals surface area contributed by atoms with Crippen molar-refractivity contribution in [2.45, 2.75) is 24.7 Å². The van der Waals surface area contributed by atoms with Crippen LogP contribution in [0.4, 0.5) is 11.4 Å². The second kappa shape index (κ2) is 6.31. The van der Waals surface area contributed by atoms with Crippen molar-refractivity contribution >= 4 is 11.4 Å². The molecule has 0 aromatic heterocycles. The summed E-state index contributed by atoms with van der Waals surface area (Å²) in [4.78, 5) is 0. The Labute approximate surface area is 206 Å². The van der Waals surface area contributed by atoms with Crippen LogP contribution in [0.25, 0.3) is 22.3 Å². The van der Waals surface area contributed by atoms with Crippen LogP contribution in [0.1, 0.15) is 47.2 Å². The molecule has 1 heteroatoms. The Morgan fingerprint density at radius 3 is 1.71 bits per heavy atom. The van der Waals surface area contributed by atoms with E-state index >= 15 is 0 Å². The van der Waals surface area contributed by atoms with Gasteiger partial charge in [0.15, 0.2) is 0 Å². The highest BCUT2D eigenvalue weighted by Gasteiger charge is 2.56. The summed E-state index contributed by atoms with van der Waals surface area (Å²) in [5.41, 5.74) is 16.1. The second-order valence-electron chi connectivity index (χ2n) is 10.6. The molecule has 3 aliphatic carbocycles. The van der Waals surface area contributed by atoms with Gasteiger partial charge in [-0.25, -0.2) is 0 Å². The van der Waals surface area contributed by atoms with Crippen LogP contribution in [-0.4, -0.2) is 0 Å². The molecule has 0 fully saturated rings. The van der Waals surface area contributed by atoms with E-state index < -0.39 is 0 Å². The summed E-state index contributed by atoms with van der Waals surface area (Å²) in [7, 11) is 0. The Morgan fingerprint density at radius 2 is 1.00 bits per heavy atom. The van der Waals surface area contributed by atoms with Crippen LogP contribution in [0.5, 0.6) is 0 Å². The molecule has 3 aliphatic rings. The van der Waals surface area contributed by atoms with E-state index in [9.17, 15) is 0 Å². The topological polar surface area (TPSA) is 12.0 Å². The number of nitrogens with one attached hydrogen (secondary N) is 1. The van der Waals surface area contributed by atoms with E-state index in [4.69, 9.17) is 0 Å². The lowest BCUT2D eigenvalue weighted by molar-refractivity contribution is 0.653. The van der Waals surface area contributed by atoms with E-state index in [2.05, 4.69) is 128 Å². The van der Waals surface area contributed by atoms with Gasteiger partial charge in [0.2, 0.25) is 0 Å². The average Bonchev–Trinajstić information content (AvgIpc) is 3.44. The summed E-state index contributed by atoms with van der Waals surface area (Å²) in [6, 6.07) is 40.4. The van der Waals surface area contributed by atoms with Crippen molar-refractivity contribution in [2.24, 2.45) is 0 Å². The van der Waals surface area contributed by atoms with E-state index in [-0.39, 0.29) is 10.8 Å². The van der Waals surface area contributed by atoms with Gasteiger partial charge in [-0.1, -0.05) is 98.8 Å². The number of para-hydroxylation sites is 1. The summed E-state index contributed by atoms with van der Waals surface area (Å²) in [5.74, 6) is 0. The molecule has 1 nitrogen and oxygen atoms in total. The minimum Gasteiger partial charge on any atom is -0.356 e. The number of hydrogen-bond donors (Lipinski definition) is 1. The maximum Gasteiger partial charge on any atom is 0.0726 e. The molecule has 0 unspecified atom stereocenters. The van der Waals surface area contributed by atoms with E-state index in [1.807, 2.05) is 0 Å². The van der Waals surface area contributed by atoms with Gasteiger partial charge in [-0.2, -0.15) is 0 Å². The van der Waals surface area contributed by atoms with Crippen molar-refractivity contribution in [1.29, 1.82) is 0 Å². The molecule has 35 heavy (non-hydrogen) atoms. The summed E-state index contributed by atoms with van der Waals surface area (Å²) in [6.07, 6.45) is 0. The molecule has 0 aliphatic heterocycles. The second-order valence-corrected chi connectivity index (χ2v) is 10.6. The summed E-state index contributed by atoms with van der Waals surface area (Å²) in [5, 5.41) is 3.73. The molecule has 8 rings (SSSR count). The largest absolute Gasteiger partial charge is 0.356 e. The number of fused-ring (bicyclic) bond motifs is 7. The first kappa shape index (κ1) is 19.2. The lowest BCUT2D eigenvalue weighted by Crippen LogP contribution is -2.28. The van der Waals surface area contributed by atoms with Gasteiger partial charge in [-0.3, -0.25) is 0 Å². The van der Waals surface area contributed by atoms with Crippen molar-refractivity contribution in [1.82, 2.24) is 0 Å². The van der Waals surface area contributed by atoms with Crippen molar-refractivity contribution < 1.29 is 0 Å². The van der Waals surface area contributed by atoms with Gasteiger partial charge < -0.3 is 5.32 Å². The summed E-state index contributed by atoms with van der Waals surface area (Å²) >= 11 is 0. The first-order valence-corrected chi connectivity index (χ1v) is 12.5. The SMILES string of the molecule is CC1(C)c2cccc3c2-c2c1cc(Nc1ccccc1)cc2C31c2ccccc2-c2ccccc21. The van der Waals surface area contributed by atoms with Gasteiger partial charge in [-0.15, -0.1) is 0 Å². The first-order valence-electron chi connectivity index (χ1n) is 12.5. The smallest absolute Gasteiger partial charge is 0.0726 e. The quantitative estimate of drug-likeness (QED) is 0.280. The molecular weight excluding hydrogens is 422 g/mol. The predicted molar refractivity (Wildman–Crippen MR) is 145 cm³/mol. The van der Waals surface area contributed by atoms with E-state index in [1.54, 1.807) is 0 Å². The minimum atomic E-state index is -0.284. The zero-order chi connectivity index (χ0) is 23.4. The number of benzene rings is 5. The van der Waals surface area contributed by atoms with Crippen LogP contribution < -0.4 is 5.32 Å². The molecule has 0 heterocycles. The molecule has 1 N–H and O–H groups in total. The Bertz CT molecular complexity index is 1640. The average molecular weight is 448 g/mol. The molecular formula is C34H25N. The highest BCUT2D eigenvalue weighted by atomic mass is 14.9. The van der Waals surface area contributed by atoms with Gasteiger partial charge in [0.25, 0.3) is 0 Å². The fourth-order valence-corrected chi connectivity index (χ4v) is 7.22. The maximum atomic E-state index is 3.73. The molecule has 0 saturated carbocycles. The van der Waals surface area contributed by atoms with Crippen LogP contribution in [0.3, 0.4) is 0 Å². The van der Waals surface area contributed by atoms with Gasteiger partial charge in [0.1, 0.15) is 0 Å². The van der Waals surface area contributed by atoms with Crippen LogP contribution in [0, 0.1) is 0 Å². The normalized spacial score (nSPS) is 16.2. The zero-order valence-electron chi connectivity index (χ0n) is 19.9. The van der Waals surface area contributed by atoms with Gasteiger partial charge in [0.05, 0.1) is 5.41 Å². The third-order valence-electron chi connectivity index (χ3n) is 8.62. The lowest BCUT2D eigenvalue weighted by atomic mass is 9.68. The first-order chi connectivity index (χ1) is 17.1.